The monoisotopic (exact) mass is 557 g/mol. The lowest BCUT2D eigenvalue weighted by Gasteiger charge is -2.32. The summed E-state index contributed by atoms with van der Waals surface area (Å²) in [6.45, 7) is 2.95. The molecular formula is C28H32FN3O6S. The Morgan fingerprint density at radius 2 is 1.64 bits per heavy atom. The number of hydrogen-bond donors (Lipinski definition) is 1. The van der Waals surface area contributed by atoms with Crippen LogP contribution in [0.25, 0.3) is 0 Å². The fourth-order valence-electron chi connectivity index (χ4n) is 3.92. The summed E-state index contributed by atoms with van der Waals surface area (Å²) in [5.41, 5.74) is 0.652. The molecule has 208 valence electrons. The van der Waals surface area contributed by atoms with E-state index in [1.165, 1.54) is 61.6 Å². The van der Waals surface area contributed by atoms with Gasteiger partial charge in [-0.1, -0.05) is 30.3 Å². The lowest BCUT2D eigenvalue weighted by Crippen LogP contribution is -2.51. The zero-order chi connectivity index (χ0) is 28.6. The molecule has 3 rings (SSSR count). The molecule has 1 N–H and O–H groups in total. The number of halogens is 1. The third-order valence-electron chi connectivity index (χ3n) is 6.05. The molecule has 9 nitrogen and oxygen atoms in total. The zero-order valence-electron chi connectivity index (χ0n) is 22.3. The molecule has 0 bridgehead atoms. The van der Waals surface area contributed by atoms with Crippen LogP contribution in [-0.4, -0.2) is 58.5 Å². The van der Waals surface area contributed by atoms with E-state index in [4.69, 9.17) is 9.47 Å². The van der Waals surface area contributed by atoms with Gasteiger partial charge in [-0.05, 0) is 55.8 Å². The molecule has 0 radical (unpaired) electrons. The molecule has 3 aromatic rings. The molecule has 2 amide bonds. The summed E-state index contributed by atoms with van der Waals surface area (Å²) < 4.78 is 53.0. The Bertz CT molecular complexity index is 1380. The van der Waals surface area contributed by atoms with Crippen LogP contribution in [0.2, 0.25) is 0 Å². The number of hydrogen-bond acceptors (Lipinski definition) is 6. The van der Waals surface area contributed by atoms with Crippen molar-refractivity contribution in [1.82, 2.24) is 10.2 Å². The molecule has 0 aromatic heterocycles. The molecule has 0 fully saturated rings. The van der Waals surface area contributed by atoms with Gasteiger partial charge in [-0.25, -0.2) is 12.8 Å². The first kappa shape index (κ1) is 29.4. The van der Waals surface area contributed by atoms with Gasteiger partial charge in [0, 0.05) is 19.2 Å². The number of carbonyl (C=O) groups excluding carboxylic acids is 2. The maximum Gasteiger partial charge on any atom is 0.264 e. The number of sulfonamides is 1. The smallest absolute Gasteiger partial charge is 0.264 e. The summed E-state index contributed by atoms with van der Waals surface area (Å²) in [5, 5.41) is 2.69. The highest BCUT2D eigenvalue weighted by atomic mass is 32.2. The Morgan fingerprint density at radius 1 is 0.974 bits per heavy atom. The SMILES string of the molecule is CCNC(=O)[C@H](C)N(Cc1ccc(F)cc1)C(=O)CN(c1cc(OC)ccc1OC)S(=O)(=O)c1ccccc1. The summed E-state index contributed by atoms with van der Waals surface area (Å²) in [6, 6.07) is 16.9. The maximum atomic E-state index is 13.9. The maximum absolute atomic E-state index is 13.9. The van der Waals surface area contributed by atoms with Crippen LogP contribution in [0, 0.1) is 5.82 Å². The summed E-state index contributed by atoms with van der Waals surface area (Å²) in [4.78, 5) is 27.9. The first-order valence-electron chi connectivity index (χ1n) is 12.2. The van der Waals surface area contributed by atoms with Crippen molar-refractivity contribution < 1.29 is 31.9 Å². The molecule has 0 spiro atoms. The molecular weight excluding hydrogens is 525 g/mol. The van der Waals surface area contributed by atoms with Gasteiger partial charge in [-0.2, -0.15) is 0 Å². The predicted molar refractivity (Wildman–Crippen MR) is 146 cm³/mol. The molecule has 0 aliphatic carbocycles. The first-order chi connectivity index (χ1) is 18.6. The molecule has 0 unspecified atom stereocenters. The average Bonchev–Trinajstić information content (AvgIpc) is 2.95. The summed E-state index contributed by atoms with van der Waals surface area (Å²) in [5.74, 6) is -0.958. The molecule has 0 aliphatic rings. The number of likely N-dealkylation sites (N-methyl/N-ethyl adjacent to an activating group) is 1. The fourth-order valence-corrected chi connectivity index (χ4v) is 5.35. The number of nitrogens with one attached hydrogen (secondary N) is 1. The van der Waals surface area contributed by atoms with E-state index in [1.807, 2.05) is 0 Å². The second-order valence-corrected chi connectivity index (χ2v) is 10.4. The van der Waals surface area contributed by atoms with Crippen LogP contribution in [0.15, 0.2) is 77.7 Å². The van der Waals surface area contributed by atoms with E-state index < -0.39 is 40.2 Å². The lowest BCUT2D eigenvalue weighted by molar-refractivity contribution is -0.139. The second kappa shape index (κ2) is 13.1. The van der Waals surface area contributed by atoms with Crippen LogP contribution >= 0.6 is 0 Å². The number of methoxy groups -OCH3 is 2. The largest absolute Gasteiger partial charge is 0.497 e. The van der Waals surface area contributed by atoms with Crippen LogP contribution in [0.3, 0.4) is 0 Å². The van der Waals surface area contributed by atoms with Crippen molar-refractivity contribution in [3.8, 4) is 11.5 Å². The Morgan fingerprint density at radius 3 is 2.23 bits per heavy atom. The van der Waals surface area contributed by atoms with Gasteiger partial charge in [0.1, 0.15) is 29.9 Å². The Balaban J connectivity index is 2.10. The highest BCUT2D eigenvalue weighted by molar-refractivity contribution is 7.92. The van der Waals surface area contributed by atoms with Crippen molar-refractivity contribution in [2.45, 2.75) is 31.3 Å². The van der Waals surface area contributed by atoms with E-state index in [1.54, 1.807) is 44.2 Å². The van der Waals surface area contributed by atoms with Gasteiger partial charge in [-0.3, -0.25) is 13.9 Å². The summed E-state index contributed by atoms with van der Waals surface area (Å²) in [7, 11) is -1.45. The van der Waals surface area contributed by atoms with Crippen molar-refractivity contribution in [3.63, 3.8) is 0 Å². The van der Waals surface area contributed by atoms with Gasteiger partial charge in [0.15, 0.2) is 0 Å². The molecule has 0 saturated heterocycles. The second-order valence-electron chi connectivity index (χ2n) is 8.58. The van der Waals surface area contributed by atoms with Crippen molar-refractivity contribution in [3.05, 3.63) is 84.2 Å². The van der Waals surface area contributed by atoms with Crippen LogP contribution in [0.4, 0.5) is 10.1 Å². The Hall–Kier alpha value is -4.12. The number of ether oxygens (including phenoxy) is 2. The van der Waals surface area contributed by atoms with E-state index in [0.29, 0.717) is 17.9 Å². The third-order valence-corrected chi connectivity index (χ3v) is 7.82. The minimum absolute atomic E-state index is 0.0375. The van der Waals surface area contributed by atoms with E-state index in [9.17, 15) is 22.4 Å². The van der Waals surface area contributed by atoms with Crippen molar-refractivity contribution in [1.29, 1.82) is 0 Å². The van der Waals surface area contributed by atoms with E-state index in [2.05, 4.69) is 5.32 Å². The highest BCUT2D eigenvalue weighted by Gasteiger charge is 2.34. The number of nitrogens with zero attached hydrogens (tertiary/aromatic N) is 2. The number of carbonyl (C=O) groups is 2. The summed E-state index contributed by atoms with van der Waals surface area (Å²) in [6.07, 6.45) is 0. The zero-order valence-corrected chi connectivity index (χ0v) is 23.1. The quantitative estimate of drug-likeness (QED) is 0.365. The van der Waals surface area contributed by atoms with Gasteiger partial charge in [-0.15, -0.1) is 0 Å². The van der Waals surface area contributed by atoms with Crippen molar-refractivity contribution in [2.75, 3.05) is 31.6 Å². The van der Waals surface area contributed by atoms with E-state index in [-0.39, 0.29) is 22.9 Å². The number of amides is 2. The lowest BCUT2D eigenvalue weighted by atomic mass is 10.1. The van der Waals surface area contributed by atoms with Crippen LogP contribution < -0.4 is 19.1 Å². The minimum Gasteiger partial charge on any atom is -0.497 e. The molecule has 0 heterocycles. The first-order valence-corrected chi connectivity index (χ1v) is 13.7. The topological polar surface area (TPSA) is 105 Å². The average molecular weight is 558 g/mol. The highest BCUT2D eigenvalue weighted by Crippen LogP contribution is 2.36. The van der Waals surface area contributed by atoms with Gasteiger partial charge in [0.2, 0.25) is 11.8 Å². The van der Waals surface area contributed by atoms with Gasteiger partial charge >= 0.3 is 0 Å². The third kappa shape index (κ3) is 7.05. The Labute approximate surface area is 228 Å². The summed E-state index contributed by atoms with van der Waals surface area (Å²) >= 11 is 0. The molecule has 11 heteroatoms. The molecule has 1 atom stereocenters. The van der Waals surface area contributed by atoms with Crippen molar-refractivity contribution in [2.24, 2.45) is 0 Å². The number of rotatable bonds is 12. The van der Waals surface area contributed by atoms with E-state index >= 15 is 0 Å². The molecule has 0 aliphatic heterocycles. The van der Waals surface area contributed by atoms with E-state index in [0.717, 1.165) is 4.31 Å². The van der Waals surface area contributed by atoms with Gasteiger partial charge in [0.25, 0.3) is 10.0 Å². The Kier molecular flexibility index (Phi) is 9.89. The fraction of sp³-hybridized carbons (Fsp3) is 0.286. The van der Waals surface area contributed by atoms with Gasteiger partial charge in [0.05, 0.1) is 24.8 Å². The van der Waals surface area contributed by atoms with Gasteiger partial charge < -0.3 is 19.7 Å². The van der Waals surface area contributed by atoms with Crippen LogP contribution in [0.1, 0.15) is 19.4 Å². The van der Waals surface area contributed by atoms with Crippen LogP contribution in [-0.2, 0) is 26.2 Å². The molecule has 0 saturated carbocycles. The normalized spacial score (nSPS) is 11.8. The van der Waals surface area contributed by atoms with Crippen LogP contribution in [0.5, 0.6) is 11.5 Å². The predicted octanol–water partition coefficient (Wildman–Crippen LogP) is 3.59. The number of anilines is 1. The number of benzene rings is 3. The standard InChI is InChI=1S/C28H32FN3O6S/c1-5-30-28(34)20(2)31(18-21-11-13-22(29)14-12-21)27(33)19-32(39(35,36)24-9-7-6-8-10-24)25-17-23(37-3)15-16-26(25)38-4/h6-17,20H,5,18-19H2,1-4H3,(H,30,34)/t20-/m0/s1. The molecule has 3 aromatic carbocycles. The molecule has 39 heavy (non-hydrogen) atoms. The minimum atomic E-state index is -4.27. The van der Waals surface area contributed by atoms with Crippen molar-refractivity contribution >= 4 is 27.5 Å².